The lowest BCUT2D eigenvalue weighted by Gasteiger charge is -2.46. The van der Waals surface area contributed by atoms with Crippen LogP contribution in [0.1, 0.15) is 13.8 Å². The number of aliphatic hydroxyl groups is 7. The molecule has 0 aromatic carbocycles. The van der Waals surface area contributed by atoms with Gasteiger partial charge < -0.3 is 68.9 Å². The number of ether oxygens (including phenoxy) is 7. The Labute approximate surface area is 204 Å². The minimum atomic E-state index is -1.87. The van der Waals surface area contributed by atoms with Gasteiger partial charge in [-0.05, 0) is 0 Å². The maximum atomic E-state index is 11.5. The maximum Gasteiger partial charge on any atom is 0.303 e. The summed E-state index contributed by atoms with van der Waals surface area (Å²) in [7, 11) is 0. The van der Waals surface area contributed by atoms with E-state index in [4.69, 9.17) is 33.2 Å². The fourth-order valence-electron chi connectivity index (χ4n) is 3.95. The minimum absolute atomic E-state index is 0.373. The van der Waals surface area contributed by atoms with Gasteiger partial charge in [0.1, 0.15) is 61.5 Å². The lowest BCUT2D eigenvalue weighted by atomic mass is 9.98. The average Bonchev–Trinajstić information content (AvgIpc) is 2.81. The summed E-state index contributed by atoms with van der Waals surface area (Å²) in [6, 6.07) is 0. The van der Waals surface area contributed by atoms with Gasteiger partial charge in [-0.25, -0.2) is 0 Å². The predicted molar refractivity (Wildman–Crippen MR) is 108 cm³/mol. The van der Waals surface area contributed by atoms with Crippen molar-refractivity contribution in [3.63, 3.8) is 0 Å². The van der Waals surface area contributed by atoms with E-state index in [2.05, 4.69) is 0 Å². The van der Waals surface area contributed by atoms with Crippen LogP contribution in [-0.2, 0) is 42.7 Å². The van der Waals surface area contributed by atoms with Crippen molar-refractivity contribution in [3.8, 4) is 0 Å². The first-order chi connectivity index (χ1) is 16.9. The van der Waals surface area contributed by atoms with Crippen LogP contribution in [0.5, 0.6) is 0 Å². The van der Waals surface area contributed by atoms with E-state index >= 15 is 0 Å². The van der Waals surface area contributed by atoms with E-state index in [9.17, 15) is 45.3 Å². The van der Waals surface area contributed by atoms with Crippen molar-refractivity contribution in [1.82, 2.24) is 0 Å². The Morgan fingerprint density at radius 1 is 0.722 bits per heavy atom. The van der Waals surface area contributed by atoms with Crippen molar-refractivity contribution in [3.05, 3.63) is 0 Å². The number of esters is 2. The van der Waals surface area contributed by atoms with Crippen LogP contribution in [0.4, 0.5) is 0 Å². The molecule has 3 fully saturated rings. The summed E-state index contributed by atoms with van der Waals surface area (Å²) in [6.07, 6.45) is -20.9. The molecule has 0 unspecified atom stereocenters. The van der Waals surface area contributed by atoms with E-state index in [-0.39, 0.29) is 6.61 Å². The van der Waals surface area contributed by atoms with Gasteiger partial charge in [0.15, 0.2) is 25.0 Å². The van der Waals surface area contributed by atoms with Gasteiger partial charge >= 0.3 is 11.9 Å². The smallest absolute Gasteiger partial charge is 0.303 e. The van der Waals surface area contributed by atoms with Crippen LogP contribution in [0, 0.1) is 0 Å². The highest BCUT2D eigenvalue weighted by Crippen LogP contribution is 2.31. The van der Waals surface area contributed by atoms with Gasteiger partial charge in [0.2, 0.25) is 0 Å². The van der Waals surface area contributed by atoms with E-state index in [1.165, 1.54) is 0 Å². The molecule has 208 valence electrons. The molecule has 0 saturated carbocycles. The molecule has 16 heteroatoms. The molecule has 0 bridgehead atoms. The van der Waals surface area contributed by atoms with Crippen molar-refractivity contribution < 1.29 is 78.5 Å². The van der Waals surface area contributed by atoms with Crippen molar-refractivity contribution in [1.29, 1.82) is 0 Å². The molecule has 0 spiro atoms. The van der Waals surface area contributed by atoms with E-state index in [0.29, 0.717) is 0 Å². The first-order valence-electron chi connectivity index (χ1n) is 11.2. The first-order valence-corrected chi connectivity index (χ1v) is 11.2. The third-order valence-corrected chi connectivity index (χ3v) is 5.86. The van der Waals surface area contributed by atoms with E-state index in [0.717, 1.165) is 13.8 Å². The van der Waals surface area contributed by atoms with Gasteiger partial charge in [0, 0.05) is 13.8 Å². The zero-order valence-electron chi connectivity index (χ0n) is 19.4. The fraction of sp³-hybridized carbons (Fsp3) is 0.900. The molecular weight excluding hydrogens is 496 g/mol. The lowest BCUT2D eigenvalue weighted by molar-refractivity contribution is -0.376. The highest BCUT2D eigenvalue weighted by molar-refractivity contribution is 5.66. The third kappa shape index (κ3) is 6.66. The van der Waals surface area contributed by atoms with Gasteiger partial charge in [-0.2, -0.15) is 0 Å². The normalized spacial score (nSPS) is 45.6. The SMILES string of the molecule is CC(=O)OC[C@H]1O[C@@H](O[C@H]2[C@H](O[C@@H]3[C@@H](O)[C@H](O)CO[C@H]3O)OC[C@@H](O)[C@@H]2O)[C@H](O)[C@@H](O)[C@@H]1OC(C)=O. The molecule has 0 amide bonds. The van der Waals surface area contributed by atoms with Crippen LogP contribution in [0.3, 0.4) is 0 Å². The van der Waals surface area contributed by atoms with Crippen molar-refractivity contribution in [2.24, 2.45) is 0 Å². The zero-order valence-corrected chi connectivity index (χ0v) is 19.4. The standard InChI is InChI=1S/C20H32O16/c1-6(21)30-5-10-15(33-7(2)22)13(27)14(28)19(34-10)36-17-12(26)9(24)4-32-20(17)35-16-11(25)8(23)3-31-18(16)29/h8-20,23-29H,3-5H2,1-2H3/t8-,9-,10-,11+,12+,13-,14-,15-,16-,17-,18-,19+,20+/m1/s1. The van der Waals surface area contributed by atoms with Crippen LogP contribution in [0.25, 0.3) is 0 Å². The van der Waals surface area contributed by atoms with E-state index < -0.39 is 105 Å². The second-order valence-electron chi connectivity index (χ2n) is 8.64. The van der Waals surface area contributed by atoms with Crippen LogP contribution < -0.4 is 0 Å². The molecule has 0 aromatic heterocycles. The molecule has 3 aliphatic rings. The summed E-state index contributed by atoms with van der Waals surface area (Å²) in [5.41, 5.74) is 0. The summed E-state index contributed by atoms with van der Waals surface area (Å²) in [5.74, 6) is -1.52. The second kappa shape index (κ2) is 12.3. The Bertz CT molecular complexity index is 751. The summed E-state index contributed by atoms with van der Waals surface area (Å²) in [4.78, 5) is 22.7. The maximum absolute atomic E-state index is 11.5. The highest BCUT2D eigenvalue weighted by atomic mass is 16.8. The summed E-state index contributed by atoms with van der Waals surface area (Å²) >= 11 is 0. The molecular formula is C20H32O16. The number of aliphatic hydroxyl groups excluding tert-OH is 7. The highest BCUT2D eigenvalue weighted by Gasteiger charge is 2.52. The third-order valence-electron chi connectivity index (χ3n) is 5.86. The molecule has 3 heterocycles. The minimum Gasteiger partial charge on any atom is -0.463 e. The molecule has 7 N–H and O–H groups in total. The van der Waals surface area contributed by atoms with Crippen molar-refractivity contribution >= 4 is 11.9 Å². The molecule has 0 aliphatic carbocycles. The molecule has 16 nitrogen and oxygen atoms in total. The first kappa shape index (κ1) is 29.0. The Morgan fingerprint density at radius 3 is 1.92 bits per heavy atom. The molecule has 36 heavy (non-hydrogen) atoms. The second-order valence-corrected chi connectivity index (χ2v) is 8.64. The molecule has 3 aliphatic heterocycles. The molecule has 3 rings (SSSR count). The average molecular weight is 528 g/mol. The van der Waals surface area contributed by atoms with E-state index in [1.807, 2.05) is 0 Å². The van der Waals surface area contributed by atoms with Crippen LogP contribution in [0.2, 0.25) is 0 Å². The van der Waals surface area contributed by atoms with E-state index in [1.54, 1.807) is 0 Å². The number of hydrogen-bond acceptors (Lipinski definition) is 16. The number of carbonyl (C=O) groups excluding carboxylic acids is 2. The predicted octanol–water partition coefficient (Wildman–Crippen LogP) is -5.15. The number of carbonyl (C=O) groups is 2. The van der Waals surface area contributed by atoms with Crippen LogP contribution >= 0.6 is 0 Å². The fourth-order valence-corrected chi connectivity index (χ4v) is 3.95. The van der Waals surface area contributed by atoms with Gasteiger partial charge in [0.05, 0.1) is 13.2 Å². The monoisotopic (exact) mass is 528 g/mol. The number of rotatable bonds is 7. The summed E-state index contributed by atoms with van der Waals surface area (Å²) < 4.78 is 36.8. The Morgan fingerprint density at radius 2 is 1.31 bits per heavy atom. The zero-order chi connectivity index (χ0) is 26.7. The van der Waals surface area contributed by atoms with Gasteiger partial charge in [-0.1, -0.05) is 0 Å². The lowest BCUT2D eigenvalue weighted by Crippen LogP contribution is -2.64. The topological polar surface area (TPSA) is 240 Å². The summed E-state index contributed by atoms with van der Waals surface area (Å²) in [6.45, 7) is 0.838. The molecule has 0 radical (unpaired) electrons. The van der Waals surface area contributed by atoms with Crippen molar-refractivity contribution in [2.45, 2.75) is 93.8 Å². The Kier molecular flexibility index (Phi) is 9.94. The van der Waals surface area contributed by atoms with Gasteiger partial charge in [-0.3, -0.25) is 9.59 Å². The molecule has 13 atom stereocenters. The largest absolute Gasteiger partial charge is 0.463 e. The number of hydrogen-bond donors (Lipinski definition) is 7. The Balaban J connectivity index is 1.78. The quantitative estimate of drug-likeness (QED) is 0.153. The summed E-state index contributed by atoms with van der Waals surface area (Å²) in [5, 5.41) is 71.7. The van der Waals surface area contributed by atoms with Crippen LogP contribution in [-0.4, -0.2) is 147 Å². The molecule has 0 aromatic rings. The Hall–Kier alpha value is -1.54. The van der Waals surface area contributed by atoms with Crippen molar-refractivity contribution in [2.75, 3.05) is 19.8 Å². The molecule has 3 saturated heterocycles. The van der Waals surface area contributed by atoms with Gasteiger partial charge in [-0.15, -0.1) is 0 Å². The van der Waals surface area contributed by atoms with Crippen LogP contribution in [0.15, 0.2) is 0 Å². The van der Waals surface area contributed by atoms with Gasteiger partial charge in [0.25, 0.3) is 0 Å².